The molecule has 90 valence electrons. The summed E-state index contributed by atoms with van der Waals surface area (Å²) in [5.74, 6) is 0. The number of nitrogens with zero attached hydrogens (tertiary/aromatic N) is 1. The van der Waals surface area contributed by atoms with E-state index in [0.29, 0.717) is 13.1 Å². The second-order valence-corrected chi connectivity index (χ2v) is 8.18. The quantitative estimate of drug-likeness (QED) is 0.674. The molecule has 1 heterocycles. The third-order valence-corrected chi connectivity index (χ3v) is 5.63. The van der Waals surface area contributed by atoms with Crippen LogP contribution in [-0.4, -0.2) is 42.6 Å². The molecule has 5 heteroatoms. The average molecular weight is 234 g/mol. The lowest BCUT2D eigenvalue weighted by Gasteiger charge is -2.37. The molecule has 4 nitrogen and oxygen atoms in total. The van der Waals surface area contributed by atoms with E-state index in [-0.39, 0.29) is 5.54 Å². The van der Waals surface area contributed by atoms with Crippen molar-refractivity contribution in [2.45, 2.75) is 44.9 Å². The standard InChI is InChI=1S/C10H22N2O2S/c1-9(2,3)12-7-6-11-8-10(4,5)15(12,13)14/h11H,6-8H2,1-5H3. The molecule has 0 atom stereocenters. The van der Waals surface area contributed by atoms with Crippen LogP contribution in [0.4, 0.5) is 0 Å². The smallest absolute Gasteiger partial charge is 0.221 e. The largest absolute Gasteiger partial charge is 0.314 e. The summed E-state index contributed by atoms with van der Waals surface area (Å²) in [6, 6.07) is 0. The van der Waals surface area contributed by atoms with Crippen LogP contribution in [0.25, 0.3) is 0 Å². The maximum Gasteiger partial charge on any atom is 0.221 e. The monoisotopic (exact) mass is 234 g/mol. The number of hydrogen-bond acceptors (Lipinski definition) is 3. The summed E-state index contributed by atoms with van der Waals surface area (Å²) in [7, 11) is -3.23. The van der Waals surface area contributed by atoms with Crippen molar-refractivity contribution >= 4 is 10.0 Å². The summed E-state index contributed by atoms with van der Waals surface area (Å²) < 4.78 is 25.7. The van der Waals surface area contributed by atoms with E-state index in [9.17, 15) is 8.42 Å². The summed E-state index contributed by atoms with van der Waals surface area (Å²) in [6.45, 7) is 11.2. The zero-order valence-electron chi connectivity index (χ0n) is 10.3. The van der Waals surface area contributed by atoms with Gasteiger partial charge in [-0.25, -0.2) is 8.42 Å². The zero-order valence-corrected chi connectivity index (χ0v) is 11.1. The van der Waals surface area contributed by atoms with Crippen LogP contribution in [0.5, 0.6) is 0 Å². The fourth-order valence-electron chi connectivity index (χ4n) is 1.78. The SMILES string of the molecule is CC(C)(C)N1CCNCC(C)(C)S1(=O)=O. The molecular weight excluding hydrogens is 212 g/mol. The van der Waals surface area contributed by atoms with Gasteiger partial charge < -0.3 is 5.32 Å². The number of sulfonamides is 1. The molecule has 0 saturated carbocycles. The second kappa shape index (κ2) is 3.71. The van der Waals surface area contributed by atoms with Gasteiger partial charge in [-0.1, -0.05) is 0 Å². The molecule has 0 spiro atoms. The molecule has 0 radical (unpaired) electrons. The van der Waals surface area contributed by atoms with Crippen molar-refractivity contribution in [3.8, 4) is 0 Å². The van der Waals surface area contributed by atoms with Crippen LogP contribution in [0.2, 0.25) is 0 Å². The van der Waals surface area contributed by atoms with Gasteiger partial charge in [0.1, 0.15) is 0 Å². The Morgan fingerprint density at radius 3 is 2.27 bits per heavy atom. The maximum atomic E-state index is 12.4. The van der Waals surface area contributed by atoms with Crippen molar-refractivity contribution in [1.82, 2.24) is 9.62 Å². The molecule has 0 amide bonds. The van der Waals surface area contributed by atoms with Gasteiger partial charge in [-0.15, -0.1) is 0 Å². The number of hydrogen-bond donors (Lipinski definition) is 1. The Labute approximate surface area is 93.1 Å². The highest BCUT2D eigenvalue weighted by Gasteiger charge is 2.44. The molecule has 1 rings (SSSR count). The molecule has 0 unspecified atom stereocenters. The third-order valence-electron chi connectivity index (χ3n) is 2.78. The predicted octanol–water partition coefficient (Wildman–Crippen LogP) is 0.798. The van der Waals surface area contributed by atoms with E-state index in [1.165, 1.54) is 0 Å². The molecular formula is C10H22N2O2S. The fraction of sp³-hybridized carbons (Fsp3) is 1.00. The molecule has 0 aromatic rings. The van der Waals surface area contributed by atoms with E-state index in [0.717, 1.165) is 6.54 Å². The second-order valence-electron chi connectivity index (χ2n) is 5.68. The van der Waals surface area contributed by atoms with Gasteiger partial charge in [0.05, 0.1) is 4.75 Å². The van der Waals surface area contributed by atoms with Crippen molar-refractivity contribution in [2.24, 2.45) is 0 Å². The van der Waals surface area contributed by atoms with E-state index >= 15 is 0 Å². The van der Waals surface area contributed by atoms with Gasteiger partial charge >= 0.3 is 0 Å². The lowest BCUT2D eigenvalue weighted by atomic mass is 10.1. The minimum absolute atomic E-state index is 0.345. The van der Waals surface area contributed by atoms with Crippen LogP contribution in [0.15, 0.2) is 0 Å². The van der Waals surface area contributed by atoms with Crippen LogP contribution in [0.3, 0.4) is 0 Å². The van der Waals surface area contributed by atoms with E-state index in [1.807, 2.05) is 20.8 Å². The molecule has 1 fully saturated rings. The Morgan fingerprint density at radius 2 is 1.80 bits per heavy atom. The minimum Gasteiger partial charge on any atom is -0.314 e. The predicted molar refractivity (Wildman–Crippen MR) is 62.3 cm³/mol. The van der Waals surface area contributed by atoms with Crippen molar-refractivity contribution in [3.05, 3.63) is 0 Å². The zero-order chi connectivity index (χ0) is 11.9. The first-order valence-corrected chi connectivity index (χ1v) is 6.76. The minimum atomic E-state index is -3.23. The molecule has 1 aliphatic rings. The van der Waals surface area contributed by atoms with Crippen molar-refractivity contribution < 1.29 is 8.42 Å². The summed E-state index contributed by atoms with van der Waals surface area (Å²) in [4.78, 5) is 0. The Bertz CT molecular complexity index is 328. The Hall–Kier alpha value is -0.130. The van der Waals surface area contributed by atoms with Crippen LogP contribution >= 0.6 is 0 Å². The van der Waals surface area contributed by atoms with Crippen LogP contribution < -0.4 is 5.32 Å². The topological polar surface area (TPSA) is 49.4 Å². The molecule has 0 aromatic carbocycles. The van der Waals surface area contributed by atoms with Crippen LogP contribution in [-0.2, 0) is 10.0 Å². The highest BCUT2D eigenvalue weighted by atomic mass is 32.2. The van der Waals surface area contributed by atoms with Gasteiger partial charge in [-0.3, -0.25) is 0 Å². The summed E-state index contributed by atoms with van der Waals surface area (Å²) >= 11 is 0. The van der Waals surface area contributed by atoms with Gasteiger partial charge in [0.15, 0.2) is 0 Å². The Morgan fingerprint density at radius 1 is 1.27 bits per heavy atom. The first-order chi connectivity index (χ1) is 6.59. The molecule has 1 saturated heterocycles. The normalized spacial score (nSPS) is 27.3. The summed E-state index contributed by atoms with van der Waals surface area (Å²) in [6.07, 6.45) is 0. The van der Waals surface area contributed by atoms with Crippen molar-refractivity contribution in [3.63, 3.8) is 0 Å². The van der Waals surface area contributed by atoms with Crippen LogP contribution in [0.1, 0.15) is 34.6 Å². The van der Waals surface area contributed by atoms with Crippen molar-refractivity contribution in [1.29, 1.82) is 0 Å². The van der Waals surface area contributed by atoms with E-state index in [1.54, 1.807) is 18.2 Å². The lowest BCUT2D eigenvalue weighted by molar-refractivity contribution is 0.252. The van der Waals surface area contributed by atoms with E-state index in [4.69, 9.17) is 0 Å². The van der Waals surface area contributed by atoms with Gasteiger partial charge in [-0.2, -0.15) is 4.31 Å². The van der Waals surface area contributed by atoms with Gasteiger partial charge in [-0.05, 0) is 34.6 Å². The fourth-order valence-corrected chi connectivity index (χ4v) is 3.71. The maximum absolute atomic E-state index is 12.4. The molecule has 0 aromatic heterocycles. The molecule has 0 bridgehead atoms. The highest BCUT2D eigenvalue weighted by molar-refractivity contribution is 7.90. The molecule has 1 aliphatic heterocycles. The molecule has 1 N–H and O–H groups in total. The first-order valence-electron chi connectivity index (χ1n) is 5.32. The molecule has 0 aliphatic carbocycles. The third kappa shape index (κ3) is 2.34. The lowest BCUT2D eigenvalue weighted by Crippen LogP contribution is -2.53. The Kier molecular flexibility index (Phi) is 3.20. The number of nitrogens with one attached hydrogen (secondary N) is 1. The number of rotatable bonds is 0. The average Bonchev–Trinajstić information content (AvgIpc) is 2.08. The van der Waals surface area contributed by atoms with Gasteiger partial charge in [0.25, 0.3) is 0 Å². The van der Waals surface area contributed by atoms with Gasteiger partial charge in [0.2, 0.25) is 10.0 Å². The summed E-state index contributed by atoms with van der Waals surface area (Å²) in [5.41, 5.74) is -0.345. The van der Waals surface area contributed by atoms with E-state index < -0.39 is 14.8 Å². The Balaban J connectivity index is 3.18. The first kappa shape index (κ1) is 12.9. The summed E-state index contributed by atoms with van der Waals surface area (Å²) in [5, 5.41) is 3.17. The van der Waals surface area contributed by atoms with Gasteiger partial charge in [0, 0.05) is 25.2 Å². The highest BCUT2D eigenvalue weighted by Crippen LogP contribution is 2.28. The molecule has 15 heavy (non-hydrogen) atoms. The van der Waals surface area contributed by atoms with Crippen LogP contribution in [0, 0.1) is 0 Å². The van der Waals surface area contributed by atoms with E-state index in [2.05, 4.69) is 5.32 Å². The van der Waals surface area contributed by atoms with Crippen molar-refractivity contribution in [2.75, 3.05) is 19.6 Å².